The first kappa shape index (κ1) is 20.2. The van der Waals surface area contributed by atoms with E-state index in [1.807, 2.05) is 11.3 Å². The average molecular weight is 506 g/mol. The minimum Gasteiger partial charge on any atom is -0.310 e. The summed E-state index contributed by atoms with van der Waals surface area (Å²) in [5.41, 5.74) is 5.88. The molecule has 5 aromatic carbocycles. The molecular formula is C30H20BrNS. The fourth-order valence-electron chi connectivity index (χ4n) is 4.33. The van der Waals surface area contributed by atoms with Gasteiger partial charge < -0.3 is 4.90 Å². The molecule has 0 unspecified atom stereocenters. The second-order valence-corrected chi connectivity index (χ2v) is 10.0. The van der Waals surface area contributed by atoms with Crippen molar-refractivity contribution >= 4 is 64.5 Å². The zero-order valence-corrected chi connectivity index (χ0v) is 20.2. The molecule has 1 aromatic heterocycles. The van der Waals surface area contributed by atoms with E-state index in [0.717, 1.165) is 21.5 Å². The number of rotatable bonds is 4. The van der Waals surface area contributed by atoms with Crippen LogP contribution < -0.4 is 4.90 Å². The van der Waals surface area contributed by atoms with Gasteiger partial charge in [0.25, 0.3) is 0 Å². The molecule has 0 spiro atoms. The molecule has 0 fully saturated rings. The minimum absolute atomic E-state index is 1.11. The van der Waals surface area contributed by atoms with E-state index >= 15 is 0 Å². The van der Waals surface area contributed by atoms with Crippen molar-refractivity contribution in [1.29, 1.82) is 0 Å². The van der Waals surface area contributed by atoms with Gasteiger partial charge in [0.1, 0.15) is 0 Å². The van der Waals surface area contributed by atoms with Crippen LogP contribution in [0.1, 0.15) is 0 Å². The van der Waals surface area contributed by atoms with E-state index in [0.29, 0.717) is 0 Å². The van der Waals surface area contributed by atoms with E-state index in [1.165, 1.54) is 31.3 Å². The molecule has 0 atom stereocenters. The predicted octanol–water partition coefficient (Wildman–Crippen LogP) is 9.95. The maximum Gasteiger partial charge on any atom is 0.0468 e. The van der Waals surface area contributed by atoms with Crippen molar-refractivity contribution in [2.45, 2.75) is 0 Å². The Bertz CT molecular complexity index is 1550. The zero-order valence-electron chi connectivity index (χ0n) is 17.8. The first-order valence-electron chi connectivity index (χ1n) is 10.9. The maximum absolute atomic E-state index is 3.64. The number of fused-ring (bicyclic) bond motifs is 3. The van der Waals surface area contributed by atoms with Gasteiger partial charge in [0.15, 0.2) is 0 Å². The monoisotopic (exact) mass is 505 g/mol. The summed E-state index contributed by atoms with van der Waals surface area (Å²) < 4.78 is 3.72. The predicted molar refractivity (Wildman–Crippen MR) is 147 cm³/mol. The van der Waals surface area contributed by atoms with Gasteiger partial charge in [-0.3, -0.25) is 0 Å². The number of anilines is 3. The highest BCUT2D eigenvalue weighted by Crippen LogP contribution is 2.41. The summed E-state index contributed by atoms with van der Waals surface area (Å²) in [6.45, 7) is 0. The van der Waals surface area contributed by atoms with Crippen LogP contribution in [0, 0.1) is 0 Å². The van der Waals surface area contributed by atoms with Crippen LogP contribution in [-0.4, -0.2) is 0 Å². The molecule has 6 aromatic rings. The smallest absolute Gasteiger partial charge is 0.0468 e. The quantitative estimate of drug-likeness (QED) is 0.230. The summed E-state index contributed by atoms with van der Waals surface area (Å²) >= 11 is 5.49. The van der Waals surface area contributed by atoms with Crippen LogP contribution in [0.25, 0.3) is 31.3 Å². The van der Waals surface area contributed by atoms with Gasteiger partial charge >= 0.3 is 0 Å². The van der Waals surface area contributed by atoms with Crippen molar-refractivity contribution in [2.24, 2.45) is 0 Å². The van der Waals surface area contributed by atoms with Crippen molar-refractivity contribution in [1.82, 2.24) is 0 Å². The highest BCUT2D eigenvalue weighted by atomic mass is 79.9. The molecule has 0 N–H and O–H groups in total. The third-order valence-corrected chi connectivity index (χ3v) is 7.57. The lowest BCUT2D eigenvalue weighted by Crippen LogP contribution is -2.09. The first-order valence-corrected chi connectivity index (χ1v) is 12.5. The number of benzene rings is 5. The standard InChI is InChI=1S/C30H20BrNS/c31-23-13-17-29-27(19-23)28-20-26(16-18-30(28)33-29)32(24-9-5-2-6-10-24)25-14-11-22(12-15-25)21-7-3-1-4-8-21/h1-20H. The second kappa shape index (κ2) is 8.51. The van der Waals surface area contributed by atoms with E-state index < -0.39 is 0 Å². The third-order valence-electron chi connectivity index (χ3n) is 5.92. The van der Waals surface area contributed by atoms with Gasteiger partial charge in [0.05, 0.1) is 0 Å². The maximum atomic E-state index is 3.64. The summed E-state index contributed by atoms with van der Waals surface area (Å²) in [6, 6.07) is 43.2. The van der Waals surface area contributed by atoms with Crippen LogP contribution in [0.4, 0.5) is 17.1 Å². The van der Waals surface area contributed by atoms with Gasteiger partial charge in [-0.1, -0.05) is 76.6 Å². The Morgan fingerprint density at radius 3 is 1.76 bits per heavy atom. The van der Waals surface area contributed by atoms with Crippen molar-refractivity contribution in [2.75, 3.05) is 4.90 Å². The van der Waals surface area contributed by atoms with Gasteiger partial charge in [-0.2, -0.15) is 0 Å². The molecule has 33 heavy (non-hydrogen) atoms. The van der Waals surface area contributed by atoms with Crippen molar-refractivity contribution in [3.63, 3.8) is 0 Å². The van der Waals surface area contributed by atoms with E-state index in [9.17, 15) is 0 Å². The van der Waals surface area contributed by atoms with Crippen LogP contribution in [-0.2, 0) is 0 Å². The zero-order chi connectivity index (χ0) is 22.2. The average Bonchev–Trinajstić information content (AvgIpc) is 3.23. The summed E-state index contributed by atoms with van der Waals surface area (Å²) in [5.74, 6) is 0. The van der Waals surface area contributed by atoms with Crippen molar-refractivity contribution < 1.29 is 0 Å². The van der Waals surface area contributed by atoms with Gasteiger partial charge in [-0.05, 0) is 71.8 Å². The highest BCUT2D eigenvalue weighted by molar-refractivity contribution is 9.10. The fourth-order valence-corrected chi connectivity index (χ4v) is 5.76. The van der Waals surface area contributed by atoms with Crippen LogP contribution in [0.5, 0.6) is 0 Å². The minimum atomic E-state index is 1.11. The molecule has 1 nitrogen and oxygen atoms in total. The number of hydrogen-bond acceptors (Lipinski definition) is 2. The topological polar surface area (TPSA) is 3.24 Å². The second-order valence-electron chi connectivity index (χ2n) is 8.01. The van der Waals surface area contributed by atoms with E-state index in [4.69, 9.17) is 0 Å². The lowest BCUT2D eigenvalue weighted by molar-refractivity contribution is 1.29. The summed E-state index contributed by atoms with van der Waals surface area (Å²) in [4.78, 5) is 2.33. The van der Waals surface area contributed by atoms with E-state index in [1.54, 1.807) is 0 Å². The van der Waals surface area contributed by atoms with Gasteiger partial charge in [0.2, 0.25) is 0 Å². The Hall–Kier alpha value is -3.40. The Labute approximate surface area is 205 Å². The number of para-hydroxylation sites is 1. The molecule has 6 rings (SSSR count). The van der Waals surface area contributed by atoms with E-state index in [-0.39, 0.29) is 0 Å². The Morgan fingerprint density at radius 1 is 0.485 bits per heavy atom. The lowest BCUT2D eigenvalue weighted by Gasteiger charge is -2.25. The van der Waals surface area contributed by atoms with Crippen LogP contribution in [0.3, 0.4) is 0 Å². The van der Waals surface area contributed by atoms with Crippen molar-refractivity contribution in [3.8, 4) is 11.1 Å². The van der Waals surface area contributed by atoms with Crippen LogP contribution in [0.15, 0.2) is 126 Å². The molecule has 0 saturated carbocycles. The Kier molecular flexibility index (Phi) is 5.21. The summed E-state index contributed by atoms with van der Waals surface area (Å²) in [7, 11) is 0. The molecular weight excluding hydrogens is 486 g/mol. The molecule has 0 aliphatic heterocycles. The van der Waals surface area contributed by atoms with Gasteiger partial charge in [-0.25, -0.2) is 0 Å². The largest absolute Gasteiger partial charge is 0.310 e. The van der Waals surface area contributed by atoms with Gasteiger partial charge in [-0.15, -0.1) is 11.3 Å². The molecule has 0 bridgehead atoms. The normalized spacial score (nSPS) is 11.2. The van der Waals surface area contributed by atoms with Crippen LogP contribution in [0.2, 0.25) is 0 Å². The summed E-state index contributed by atoms with van der Waals surface area (Å²) in [6.07, 6.45) is 0. The first-order chi connectivity index (χ1) is 16.3. The molecule has 0 aliphatic rings. The summed E-state index contributed by atoms with van der Waals surface area (Å²) in [5, 5.41) is 2.58. The SMILES string of the molecule is Brc1ccc2sc3ccc(N(c4ccccc4)c4ccc(-c5ccccc5)cc4)cc3c2c1. The molecule has 0 radical (unpaired) electrons. The number of nitrogens with zero attached hydrogens (tertiary/aromatic N) is 1. The van der Waals surface area contributed by atoms with Crippen LogP contribution >= 0.6 is 27.3 Å². The number of halogens is 1. The number of hydrogen-bond donors (Lipinski definition) is 0. The molecule has 0 aliphatic carbocycles. The Balaban J connectivity index is 1.50. The van der Waals surface area contributed by atoms with Gasteiger partial charge in [0, 0.05) is 41.7 Å². The molecule has 0 saturated heterocycles. The molecule has 0 amide bonds. The fraction of sp³-hybridized carbons (Fsp3) is 0. The molecule has 158 valence electrons. The van der Waals surface area contributed by atoms with E-state index in [2.05, 4.69) is 142 Å². The Morgan fingerprint density at radius 2 is 1.03 bits per heavy atom. The third kappa shape index (κ3) is 3.84. The lowest BCUT2D eigenvalue weighted by atomic mass is 10.0. The molecule has 1 heterocycles. The number of thiophene rings is 1. The van der Waals surface area contributed by atoms with Crippen molar-refractivity contribution in [3.05, 3.63) is 126 Å². The molecule has 3 heteroatoms. The highest BCUT2D eigenvalue weighted by Gasteiger charge is 2.15.